The molecular formula is C11H21NO4. The molecule has 0 bridgehead atoms. The fraction of sp³-hybridized carbons (Fsp3) is 0.909. The van der Waals surface area contributed by atoms with Crippen LogP contribution in [0.5, 0.6) is 0 Å². The summed E-state index contributed by atoms with van der Waals surface area (Å²) < 4.78 is 5.18. The molecule has 0 spiro atoms. The maximum atomic E-state index is 11.9. The van der Waals surface area contributed by atoms with Crippen LogP contribution in [0.15, 0.2) is 0 Å². The lowest BCUT2D eigenvalue weighted by atomic mass is 9.94. The number of rotatable bonds is 5. The number of hydrogen-bond acceptors (Lipinski definition) is 4. The number of ether oxygens (including phenoxy) is 1. The summed E-state index contributed by atoms with van der Waals surface area (Å²) in [6.07, 6.45) is 1.93. The lowest BCUT2D eigenvalue weighted by Gasteiger charge is -2.32. The summed E-state index contributed by atoms with van der Waals surface area (Å²) in [4.78, 5) is 11.9. The topological polar surface area (TPSA) is 78.8 Å². The fourth-order valence-corrected chi connectivity index (χ4v) is 1.76. The van der Waals surface area contributed by atoms with E-state index in [-0.39, 0.29) is 25.0 Å². The van der Waals surface area contributed by atoms with Gasteiger partial charge in [-0.3, -0.25) is 4.79 Å². The van der Waals surface area contributed by atoms with Crippen LogP contribution in [0.2, 0.25) is 0 Å². The Morgan fingerprint density at radius 1 is 1.38 bits per heavy atom. The Balaban J connectivity index is 2.53. The molecule has 0 unspecified atom stereocenters. The number of amides is 1. The highest BCUT2D eigenvalue weighted by molar-refractivity contribution is 5.79. The van der Waals surface area contributed by atoms with Gasteiger partial charge in [0, 0.05) is 19.1 Å². The second kappa shape index (κ2) is 6.18. The number of hydrogen-bond donors (Lipinski definition) is 3. The van der Waals surface area contributed by atoms with Crippen LogP contribution in [0.3, 0.4) is 0 Å². The van der Waals surface area contributed by atoms with Gasteiger partial charge >= 0.3 is 0 Å². The molecule has 16 heavy (non-hydrogen) atoms. The third-order valence-electron chi connectivity index (χ3n) is 3.26. The zero-order valence-corrected chi connectivity index (χ0v) is 9.74. The molecule has 5 heteroatoms. The summed E-state index contributed by atoms with van der Waals surface area (Å²) in [6.45, 7) is 2.56. The Morgan fingerprint density at radius 3 is 2.38 bits per heavy atom. The molecule has 0 saturated carbocycles. The Labute approximate surface area is 95.8 Å². The van der Waals surface area contributed by atoms with Crippen molar-refractivity contribution in [3.05, 3.63) is 0 Å². The first-order chi connectivity index (χ1) is 7.67. The molecule has 0 aliphatic carbocycles. The highest BCUT2D eigenvalue weighted by Gasteiger charge is 2.32. The number of aliphatic hydroxyl groups excluding tert-OH is 2. The van der Waals surface area contributed by atoms with Gasteiger partial charge in [0.15, 0.2) is 0 Å². The predicted octanol–water partition coefficient (Wildman–Crippen LogP) is -0.337. The third-order valence-corrected chi connectivity index (χ3v) is 3.26. The van der Waals surface area contributed by atoms with Gasteiger partial charge in [-0.2, -0.15) is 0 Å². The van der Waals surface area contributed by atoms with Gasteiger partial charge in [-0.1, -0.05) is 6.92 Å². The summed E-state index contributed by atoms with van der Waals surface area (Å²) in [5.41, 5.74) is -0.880. The van der Waals surface area contributed by atoms with E-state index in [1.165, 1.54) is 0 Å². The van der Waals surface area contributed by atoms with Crippen LogP contribution >= 0.6 is 0 Å². The van der Waals surface area contributed by atoms with Gasteiger partial charge in [-0.05, 0) is 19.3 Å². The van der Waals surface area contributed by atoms with Crippen molar-refractivity contribution in [1.82, 2.24) is 5.32 Å². The van der Waals surface area contributed by atoms with Crippen LogP contribution in [0.1, 0.15) is 26.2 Å². The zero-order chi connectivity index (χ0) is 12.0. The van der Waals surface area contributed by atoms with Crippen LogP contribution in [0.4, 0.5) is 0 Å². The Bertz CT molecular complexity index is 214. The molecule has 0 atom stereocenters. The molecule has 1 saturated heterocycles. The normalized spacial score (nSPS) is 18.4. The van der Waals surface area contributed by atoms with E-state index in [2.05, 4.69) is 5.32 Å². The van der Waals surface area contributed by atoms with E-state index >= 15 is 0 Å². The quantitative estimate of drug-likeness (QED) is 0.605. The number of nitrogens with one attached hydrogen (secondary N) is 1. The van der Waals surface area contributed by atoms with Crippen molar-refractivity contribution in [1.29, 1.82) is 0 Å². The first-order valence-corrected chi connectivity index (χ1v) is 5.79. The van der Waals surface area contributed by atoms with E-state index < -0.39 is 5.54 Å². The van der Waals surface area contributed by atoms with Crippen molar-refractivity contribution < 1.29 is 19.7 Å². The van der Waals surface area contributed by atoms with Crippen LogP contribution in [-0.4, -0.2) is 48.1 Å². The Morgan fingerprint density at radius 2 is 1.94 bits per heavy atom. The lowest BCUT2D eigenvalue weighted by molar-refractivity contribution is -0.131. The maximum absolute atomic E-state index is 11.9. The average Bonchev–Trinajstić information content (AvgIpc) is 2.37. The minimum Gasteiger partial charge on any atom is -0.394 e. The van der Waals surface area contributed by atoms with Crippen LogP contribution in [0, 0.1) is 5.92 Å². The highest BCUT2D eigenvalue weighted by Crippen LogP contribution is 2.17. The Hall–Kier alpha value is -0.650. The molecule has 1 aliphatic rings. The van der Waals surface area contributed by atoms with E-state index in [0.717, 1.165) is 0 Å². The number of carbonyl (C=O) groups excluding carboxylic acids is 1. The van der Waals surface area contributed by atoms with E-state index in [9.17, 15) is 15.0 Å². The summed E-state index contributed by atoms with van der Waals surface area (Å²) in [5, 5.41) is 21.2. The van der Waals surface area contributed by atoms with Gasteiger partial charge in [-0.25, -0.2) is 0 Å². The molecule has 1 amide bonds. The monoisotopic (exact) mass is 231 g/mol. The zero-order valence-electron chi connectivity index (χ0n) is 9.74. The fourth-order valence-electron chi connectivity index (χ4n) is 1.76. The molecule has 0 aromatic rings. The molecule has 1 fully saturated rings. The summed E-state index contributed by atoms with van der Waals surface area (Å²) in [6, 6.07) is 0. The highest BCUT2D eigenvalue weighted by atomic mass is 16.5. The van der Waals surface area contributed by atoms with Gasteiger partial charge in [0.1, 0.15) is 0 Å². The lowest BCUT2D eigenvalue weighted by Crippen LogP contribution is -2.55. The van der Waals surface area contributed by atoms with Gasteiger partial charge in [-0.15, -0.1) is 0 Å². The summed E-state index contributed by atoms with van der Waals surface area (Å²) in [5.74, 6) is -0.147. The molecule has 1 aliphatic heterocycles. The van der Waals surface area contributed by atoms with Crippen molar-refractivity contribution in [3.8, 4) is 0 Å². The van der Waals surface area contributed by atoms with E-state index in [4.69, 9.17) is 4.74 Å². The number of aliphatic hydroxyl groups is 2. The minimum atomic E-state index is -0.880. The predicted molar refractivity (Wildman–Crippen MR) is 58.9 cm³/mol. The van der Waals surface area contributed by atoms with Gasteiger partial charge < -0.3 is 20.3 Å². The second-order valence-electron chi connectivity index (χ2n) is 4.33. The smallest absolute Gasteiger partial charge is 0.223 e. The molecule has 0 aromatic carbocycles. The SMILES string of the molecule is CCC(CO)(CO)NC(=O)C1CCOCC1. The number of carbonyl (C=O) groups is 1. The average molecular weight is 231 g/mol. The molecule has 3 N–H and O–H groups in total. The Kier molecular flexibility index (Phi) is 5.18. The van der Waals surface area contributed by atoms with Crippen molar-refractivity contribution >= 4 is 5.91 Å². The van der Waals surface area contributed by atoms with Crippen LogP contribution in [0.25, 0.3) is 0 Å². The van der Waals surface area contributed by atoms with E-state index in [1.807, 2.05) is 6.92 Å². The first kappa shape index (κ1) is 13.4. The standard InChI is InChI=1S/C11H21NO4/c1-2-11(7-13,8-14)12-10(15)9-3-5-16-6-4-9/h9,13-14H,2-8H2,1H3,(H,12,15). The van der Waals surface area contributed by atoms with Gasteiger partial charge in [0.25, 0.3) is 0 Å². The van der Waals surface area contributed by atoms with Crippen molar-refractivity contribution in [2.45, 2.75) is 31.7 Å². The molecule has 5 nitrogen and oxygen atoms in total. The molecular weight excluding hydrogens is 210 g/mol. The van der Waals surface area contributed by atoms with Crippen molar-refractivity contribution in [2.24, 2.45) is 5.92 Å². The van der Waals surface area contributed by atoms with Gasteiger partial charge in [0.2, 0.25) is 5.91 Å². The first-order valence-electron chi connectivity index (χ1n) is 5.79. The van der Waals surface area contributed by atoms with Crippen LogP contribution < -0.4 is 5.32 Å². The maximum Gasteiger partial charge on any atom is 0.223 e. The largest absolute Gasteiger partial charge is 0.394 e. The summed E-state index contributed by atoms with van der Waals surface area (Å²) >= 11 is 0. The molecule has 0 radical (unpaired) electrons. The molecule has 1 rings (SSSR count). The molecule has 0 aromatic heterocycles. The minimum absolute atomic E-state index is 0.0576. The van der Waals surface area contributed by atoms with Gasteiger partial charge in [0.05, 0.1) is 18.8 Å². The summed E-state index contributed by atoms with van der Waals surface area (Å²) in [7, 11) is 0. The van der Waals surface area contributed by atoms with Crippen molar-refractivity contribution in [3.63, 3.8) is 0 Å². The van der Waals surface area contributed by atoms with E-state index in [0.29, 0.717) is 32.5 Å². The van der Waals surface area contributed by atoms with Crippen molar-refractivity contribution in [2.75, 3.05) is 26.4 Å². The van der Waals surface area contributed by atoms with E-state index in [1.54, 1.807) is 0 Å². The molecule has 1 heterocycles. The third kappa shape index (κ3) is 3.17. The second-order valence-corrected chi connectivity index (χ2v) is 4.33. The van der Waals surface area contributed by atoms with Crippen LogP contribution in [-0.2, 0) is 9.53 Å². The molecule has 94 valence electrons.